The Hall–Kier alpha value is -0.790. The highest BCUT2D eigenvalue weighted by Crippen LogP contribution is 2.06. The number of carbonyl (C=O) groups is 1. The first kappa shape index (κ1) is 12.2. The van der Waals surface area contributed by atoms with Gasteiger partial charge in [-0.1, -0.05) is 38.7 Å². The molecule has 2 nitrogen and oxygen atoms in total. The van der Waals surface area contributed by atoms with Crippen LogP contribution in [0.15, 0.2) is 11.8 Å². The fourth-order valence-electron chi connectivity index (χ4n) is 1.19. The van der Waals surface area contributed by atoms with E-state index >= 15 is 0 Å². The van der Waals surface area contributed by atoms with Crippen LogP contribution in [-0.4, -0.2) is 5.78 Å². The van der Waals surface area contributed by atoms with Gasteiger partial charge in [0.15, 0.2) is 5.78 Å². The number of hydrogen-bond acceptors (Lipinski definition) is 2. The van der Waals surface area contributed by atoms with Gasteiger partial charge in [-0.2, -0.15) is 0 Å². The standard InChI is InChI=1S/C11H21NO/c1-3-5-6-7-8-9-11(13)10(12)4-2/h4H,3,5-9,12H2,1-2H3. The number of ketones is 1. The Bertz CT molecular complexity index is 173. The van der Waals surface area contributed by atoms with Crippen molar-refractivity contribution in [2.24, 2.45) is 5.73 Å². The number of carbonyl (C=O) groups excluding carboxylic acids is 1. The summed E-state index contributed by atoms with van der Waals surface area (Å²) in [6.45, 7) is 3.98. The zero-order chi connectivity index (χ0) is 10.1. The number of unbranched alkanes of at least 4 members (excludes halogenated alkanes) is 4. The van der Waals surface area contributed by atoms with Crippen LogP contribution in [0, 0.1) is 0 Å². The summed E-state index contributed by atoms with van der Waals surface area (Å²) in [4.78, 5) is 11.2. The summed E-state index contributed by atoms with van der Waals surface area (Å²) in [5.74, 6) is 0.0963. The molecule has 0 aromatic carbocycles. The van der Waals surface area contributed by atoms with Crippen LogP contribution in [0.3, 0.4) is 0 Å². The predicted molar refractivity (Wildman–Crippen MR) is 56.3 cm³/mol. The van der Waals surface area contributed by atoms with Crippen molar-refractivity contribution in [3.8, 4) is 0 Å². The van der Waals surface area contributed by atoms with Gasteiger partial charge in [0.2, 0.25) is 0 Å². The van der Waals surface area contributed by atoms with Crippen molar-refractivity contribution in [1.29, 1.82) is 0 Å². The van der Waals surface area contributed by atoms with Crippen molar-refractivity contribution in [3.05, 3.63) is 11.8 Å². The van der Waals surface area contributed by atoms with Crippen molar-refractivity contribution in [2.75, 3.05) is 0 Å². The average Bonchev–Trinajstić information content (AvgIpc) is 2.16. The normalized spacial score (nSPS) is 11.7. The minimum atomic E-state index is 0.0963. The minimum Gasteiger partial charge on any atom is -0.396 e. The maximum Gasteiger partial charge on any atom is 0.178 e. The van der Waals surface area contributed by atoms with Gasteiger partial charge in [-0.3, -0.25) is 4.79 Å². The maximum atomic E-state index is 11.2. The Morgan fingerprint density at radius 1 is 1.23 bits per heavy atom. The Morgan fingerprint density at radius 3 is 2.38 bits per heavy atom. The van der Waals surface area contributed by atoms with Crippen LogP contribution in [0.1, 0.15) is 52.4 Å². The molecule has 0 unspecified atom stereocenters. The van der Waals surface area contributed by atoms with Gasteiger partial charge < -0.3 is 5.73 Å². The Balaban J connectivity index is 3.38. The smallest absolute Gasteiger partial charge is 0.178 e. The van der Waals surface area contributed by atoms with Crippen LogP contribution in [0.2, 0.25) is 0 Å². The predicted octanol–water partition coefficient (Wildman–Crippen LogP) is 2.78. The second-order valence-corrected chi connectivity index (χ2v) is 3.33. The van der Waals surface area contributed by atoms with Crippen molar-refractivity contribution in [1.82, 2.24) is 0 Å². The lowest BCUT2D eigenvalue weighted by Gasteiger charge is -2.00. The van der Waals surface area contributed by atoms with Gasteiger partial charge in [-0.25, -0.2) is 0 Å². The van der Waals surface area contributed by atoms with Gasteiger partial charge >= 0.3 is 0 Å². The second-order valence-electron chi connectivity index (χ2n) is 3.33. The van der Waals surface area contributed by atoms with E-state index in [-0.39, 0.29) is 5.78 Å². The van der Waals surface area contributed by atoms with E-state index in [0.717, 1.165) is 12.8 Å². The van der Waals surface area contributed by atoms with Gasteiger partial charge in [0.05, 0.1) is 5.70 Å². The third-order valence-electron chi connectivity index (χ3n) is 2.14. The summed E-state index contributed by atoms with van der Waals surface area (Å²) in [7, 11) is 0. The van der Waals surface area contributed by atoms with Crippen LogP contribution >= 0.6 is 0 Å². The van der Waals surface area contributed by atoms with Gasteiger partial charge in [-0.15, -0.1) is 0 Å². The molecule has 0 aromatic rings. The lowest BCUT2D eigenvalue weighted by atomic mass is 10.1. The number of hydrogen-bond donors (Lipinski definition) is 1. The second kappa shape index (κ2) is 7.84. The highest BCUT2D eigenvalue weighted by atomic mass is 16.1. The number of allylic oxidation sites excluding steroid dienone is 2. The topological polar surface area (TPSA) is 43.1 Å². The van der Waals surface area contributed by atoms with E-state index in [1.807, 2.05) is 0 Å². The quantitative estimate of drug-likeness (QED) is 0.487. The van der Waals surface area contributed by atoms with Crippen molar-refractivity contribution < 1.29 is 4.79 Å². The lowest BCUT2D eigenvalue weighted by molar-refractivity contribution is -0.115. The van der Waals surface area contributed by atoms with E-state index in [0.29, 0.717) is 12.1 Å². The van der Waals surface area contributed by atoms with E-state index in [4.69, 9.17) is 5.73 Å². The van der Waals surface area contributed by atoms with Crippen LogP contribution < -0.4 is 5.73 Å². The summed E-state index contributed by atoms with van der Waals surface area (Å²) < 4.78 is 0. The first-order valence-corrected chi connectivity index (χ1v) is 5.17. The molecule has 2 N–H and O–H groups in total. The van der Waals surface area contributed by atoms with Gasteiger partial charge in [0, 0.05) is 6.42 Å². The maximum absolute atomic E-state index is 11.2. The van der Waals surface area contributed by atoms with E-state index in [9.17, 15) is 4.79 Å². The highest BCUT2D eigenvalue weighted by Gasteiger charge is 2.02. The molecule has 0 rings (SSSR count). The van der Waals surface area contributed by atoms with Crippen molar-refractivity contribution in [3.63, 3.8) is 0 Å². The van der Waals surface area contributed by atoms with Crippen molar-refractivity contribution >= 4 is 5.78 Å². The molecule has 0 amide bonds. The van der Waals surface area contributed by atoms with E-state index in [1.165, 1.54) is 19.3 Å². The molecular weight excluding hydrogens is 162 g/mol. The molecule has 0 atom stereocenters. The molecule has 0 saturated heterocycles. The fourth-order valence-corrected chi connectivity index (χ4v) is 1.19. The van der Waals surface area contributed by atoms with Crippen LogP contribution in [0.4, 0.5) is 0 Å². The molecule has 0 spiro atoms. The summed E-state index contributed by atoms with van der Waals surface area (Å²) in [5.41, 5.74) is 5.88. The van der Waals surface area contributed by atoms with Gasteiger partial charge in [0.1, 0.15) is 0 Å². The molecule has 76 valence electrons. The minimum absolute atomic E-state index is 0.0963. The first-order valence-electron chi connectivity index (χ1n) is 5.17. The fraction of sp³-hybridized carbons (Fsp3) is 0.727. The molecule has 0 radical (unpaired) electrons. The van der Waals surface area contributed by atoms with Crippen molar-refractivity contribution in [2.45, 2.75) is 52.4 Å². The summed E-state index contributed by atoms with van der Waals surface area (Å²) in [6, 6.07) is 0. The average molecular weight is 183 g/mol. The Kier molecular flexibility index (Phi) is 7.36. The molecular formula is C11H21NO. The first-order chi connectivity index (χ1) is 6.22. The Labute approximate surface area is 81.2 Å². The summed E-state index contributed by atoms with van der Waals surface area (Å²) in [6.07, 6.45) is 8.16. The third-order valence-corrected chi connectivity index (χ3v) is 2.14. The van der Waals surface area contributed by atoms with E-state index in [2.05, 4.69) is 6.92 Å². The van der Waals surface area contributed by atoms with Crippen LogP contribution in [0.5, 0.6) is 0 Å². The zero-order valence-corrected chi connectivity index (χ0v) is 8.81. The monoisotopic (exact) mass is 183 g/mol. The van der Waals surface area contributed by atoms with Crippen LogP contribution in [0.25, 0.3) is 0 Å². The molecule has 0 aliphatic heterocycles. The molecule has 0 saturated carbocycles. The molecule has 0 heterocycles. The molecule has 0 aromatic heterocycles. The molecule has 0 aliphatic carbocycles. The lowest BCUT2D eigenvalue weighted by Crippen LogP contribution is -2.10. The number of Topliss-reactive ketones (excluding diaryl/α,β-unsaturated/α-hetero) is 1. The third kappa shape index (κ3) is 6.38. The summed E-state index contributed by atoms with van der Waals surface area (Å²) in [5, 5.41) is 0. The molecule has 0 bridgehead atoms. The van der Waals surface area contributed by atoms with Gasteiger partial charge in [-0.05, 0) is 13.3 Å². The molecule has 13 heavy (non-hydrogen) atoms. The summed E-state index contributed by atoms with van der Waals surface area (Å²) >= 11 is 0. The van der Waals surface area contributed by atoms with Gasteiger partial charge in [0.25, 0.3) is 0 Å². The largest absolute Gasteiger partial charge is 0.396 e. The molecule has 0 fully saturated rings. The van der Waals surface area contributed by atoms with E-state index in [1.54, 1.807) is 13.0 Å². The molecule has 0 aliphatic rings. The number of rotatable bonds is 7. The van der Waals surface area contributed by atoms with E-state index < -0.39 is 0 Å². The highest BCUT2D eigenvalue weighted by molar-refractivity contribution is 5.94. The zero-order valence-electron chi connectivity index (χ0n) is 8.81. The SMILES string of the molecule is CC=C(N)C(=O)CCCCCCC. The van der Waals surface area contributed by atoms with Crippen LogP contribution in [-0.2, 0) is 4.79 Å². The number of nitrogens with two attached hydrogens (primary N) is 1. The molecule has 2 heteroatoms. The Morgan fingerprint density at radius 2 is 1.85 bits per heavy atom.